The number of aromatic nitrogens is 2. The topological polar surface area (TPSA) is 67.2 Å². The molecule has 1 unspecified atom stereocenters. The number of nitrogens with zero attached hydrogens (tertiary/aromatic N) is 3. The molecule has 1 saturated heterocycles. The van der Waals surface area contributed by atoms with Gasteiger partial charge in [-0.1, -0.05) is 6.92 Å². The van der Waals surface area contributed by atoms with Crippen molar-refractivity contribution in [2.45, 2.75) is 64.5 Å². The average molecular weight is 344 g/mol. The van der Waals surface area contributed by atoms with Crippen LogP contribution in [-0.2, 0) is 17.8 Å². The highest BCUT2D eigenvalue weighted by molar-refractivity contribution is 5.93. The van der Waals surface area contributed by atoms with Crippen LogP contribution in [0.25, 0.3) is 0 Å². The number of rotatable bonds is 3. The maximum atomic E-state index is 12.8. The number of carbonyl (C=O) groups excluding carboxylic acids is 2. The van der Waals surface area contributed by atoms with Gasteiger partial charge in [-0.2, -0.15) is 0 Å². The Bertz CT molecular complexity index is 656. The van der Waals surface area contributed by atoms with Crippen molar-refractivity contribution in [1.82, 2.24) is 19.8 Å². The number of hydrogen-bond acceptors (Lipinski definition) is 3. The standard InChI is InChI=1S/C19H28N4O2/c1-13-7-9-22(10-8-13)19(25)17-16-6-5-14(11-23(16)12-20-17)18(24)21-15-3-2-4-15/h12-15H,2-11H2,1H3,(H,21,24). The van der Waals surface area contributed by atoms with Gasteiger partial charge < -0.3 is 14.8 Å². The molecule has 2 amide bonds. The molecule has 0 radical (unpaired) electrons. The van der Waals surface area contributed by atoms with Gasteiger partial charge in [-0.15, -0.1) is 0 Å². The van der Waals surface area contributed by atoms with Crippen molar-refractivity contribution >= 4 is 11.8 Å². The highest BCUT2D eigenvalue weighted by Gasteiger charge is 2.32. The predicted molar refractivity (Wildman–Crippen MR) is 94.1 cm³/mol. The van der Waals surface area contributed by atoms with Crippen LogP contribution >= 0.6 is 0 Å². The summed E-state index contributed by atoms with van der Waals surface area (Å²) < 4.78 is 2.02. The zero-order chi connectivity index (χ0) is 17.4. The van der Waals surface area contributed by atoms with Gasteiger partial charge in [0.25, 0.3) is 5.91 Å². The lowest BCUT2D eigenvalue weighted by molar-refractivity contribution is -0.127. The van der Waals surface area contributed by atoms with Gasteiger partial charge in [0.1, 0.15) is 5.69 Å². The van der Waals surface area contributed by atoms with E-state index in [1.54, 1.807) is 6.33 Å². The van der Waals surface area contributed by atoms with E-state index in [0.717, 1.165) is 57.3 Å². The van der Waals surface area contributed by atoms with Crippen LogP contribution in [0.1, 0.15) is 61.6 Å². The van der Waals surface area contributed by atoms with Gasteiger partial charge in [-0.05, 0) is 50.9 Å². The molecule has 1 atom stereocenters. The summed E-state index contributed by atoms with van der Waals surface area (Å²) in [5.41, 5.74) is 1.61. The number of amides is 2. The molecule has 2 aliphatic heterocycles. The third kappa shape index (κ3) is 3.31. The third-order valence-electron chi connectivity index (χ3n) is 6.19. The maximum absolute atomic E-state index is 12.8. The smallest absolute Gasteiger partial charge is 0.274 e. The summed E-state index contributed by atoms with van der Waals surface area (Å²) in [4.78, 5) is 31.6. The lowest BCUT2D eigenvalue weighted by Gasteiger charge is -2.31. The molecule has 3 aliphatic rings. The molecule has 1 N–H and O–H groups in total. The molecule has 1 aromatic heterocycles. The summed E-state index contributed by atoms with van der Waals surface area (Å²) in [5.74, 6) is 0.941. The van der Waals surface area contributed by atoms with E-state index >= 15 is 0 Å². The molecule has 0 bridgehead atoms. The zero-order valence-electron chi connectivity index (χ0n) is 15.0. The number of nitrogens with one attached hydrogen (secondary N) is 1. The SMILES string of the molecule is CC1CCN(C(=O)c2ncn3c2CCC(C(=O)NC2CCC2)C3)CC1. The van der Waals surface area contributed by atoms with Crippen LogP contribution in [0, 0.1) is 11.8 Å². The van der Waals surface area contributed by atoms with E-state index in [0.29, 0.717) is 24.2 Å². The number of hydrogen-bond donors (Lipinski definition) is 1. The third-order valence-corrected chi connectivity index (χ3v) is 6.19. The molecule has 1 aliphatic carbocycles. The van der Waals surface area contributed by atoms with E-state index in [1.807, 2.05) is 9.47 Å². The van der Waals surface area contributed by atoms with Crippen molar-refractivity contribution in [3.05, 3.63) is 17.7 Å². The monoisotopic (exact) mass is 344 g/mol. The number of likely N-dealkylation sites (tertiary alicyclic amines) is 1. The molecular weight excluding hydrogens is 316 g/mol. The zero-order valence-corrected chi connectivity index (χ0v) is 15.0. The number of carbonyl (C=O) groups is 2. The van der Waals surface area contributed by atoms with Crippen molar-refractivity contribution in [3.8, 4) is 0 Å². The average Bonchev–Trinajstić information content (AvgIpc) is 3.01. The van der Waals surface area contributed by atoms with E-state index in [2.05, 4.69) is 17.2 Å². The van der Waals surface area contributed by atoms with Crippen molar-refractivity contribution in [2.24, 2.45) is 11.8 Å². The van der Waals surface area contributed by atoms with E-state index in [-0.39, 0.29) is 17.7 Å². The Morgan fingerprint density at radius 1 is 1.16 bits per heavy atom. The summed E-state index contributed by atoms with van der Waals surface area (Å²) >= 11 is 0. The molecular formula is C19H28N4O2. The van der Waals surface area contributed by atoms with E-state index in [1.165, 1.54) is 6.42 Å². The fourth-order valence-electron chi connectivity index (χ4n) is 4.09. The van der Waals surface area contributed by atoms with Crippen LogP contribution in [0.15, 0.2) is 6.33 Å². The fourth-order valence-corrected chi connectivity index (χ4v) is 4.09. The minimum absolute atomic E-state index is 0.00101. The Hall–Kier alpha value is -1.85. The first-order chi connectivity index (χ1) is 12.1. The van der Waals surface area contributed by atoms with E-state index in [4.69, 9.17) is 0 Å². The molecule has 1 aromatic rings. The second-order valence-electron chi connectivity index (χ2n) is 8.04. The van der Waals surface area contributed by atoms with Crippen LogP contribution in [0.5, 0.6) is 0 Å². The van der Waals surface area contributed by atoms with Gasteiger partial charge in [-0.3, -0.25) is 9.59 Å². The molecule has 4 rings (SSSR count). The lowest BCUT2D eigenvalue weighted by atomic mass is 9.91. The number of piperidine rings is 1. The Morgan fingerprint density at radius 3 is 2.60 bits per heavy atom. The predicted octanol–water partition coefficient (Wildman–Crippen LogP) is 1.99. The highest BCUT2D eigenvalue weighted by atomic mass is 16.2. The summed E-state index contributed by atoms with van der Waals surface area (Å²) in [6, 6.07) is 0.385. The van der Waals surface area contributed by atoms with Crippen LogP contribution < -0.4 is 5.32 Å². The molecule has 6 heteroatoms. The van der Waals surface area contributed by atoms with Gasteiger partial charge >= 0.3 is 0 Å². The molecule has 3 heterocycles. The van der Waals surface area contributed by atoms with Crippen molar-refractivity contribution in [3.63, 3.8) is 0 Å². The second-order valence-corrected chi connectivity index (χ2v) is 8.04. The van der Waals surface area contributed by atoms with Crippen molar-refractivity contribution < 1.29 is 9.59 Å². The first-order valence-corrected chi connectivity index (χ1v) is 9.75. The normalized spacial score (nSPS) is 24.5. The Labute approximate surface area is 149 Å². The van der Waals surface area contributed by atoms with E-state index < -0.39 is 0 Å². The van der Waals surface area contributed by atoms with Crippen LogP contribution in [0.3, 0.4) is 0 Å². The van der Waals surface area contributed by atoms with Gasteiger partial charge in [0.15, 0.2) is 0 Å². The van der Waals surface area contributed by atoms with Crippen molar-refractivity contribution in [1.29, 1.82) is 0 Å². The quantitative estimate of drug-likeness (QED) is 0.912. The molecule has 6 nitrogen and oxygen atoms in total. The largest absolute Gasteiger partial charge is 0.353 e. The number of imidazole rings is 1. The van der Waals surface area contributed by atoms with Gasteiger partial charge in [0, 0.05) is 25.7 Å². The first kappa shape index (κ1) is 16.6. The van der Waals surface area contributed by atoms with Crippen LogP contribution in [-0.4, -0.2) is 45.4 Å². The van der Waals surface area contributed by atoms with Crippen molar-refractivity contribution in [2.75, 3.05) is 13.1 Å². The van der Waals surface area contributed by atoms with Gasteiger partial charge in [0.05, 0.1) is 17.9 Å². The number of fused-ring (bicyclic) bond motifs is 1. The molecule has 1 saturated carbocycles. The second kappa shape index (κ2) is 6.81. The summed E-state index contributed by atoms with van der Waals surface area (Å²) in [5, 5.41) is 3.15. The van der Waals surface area contributed by atoms with Crippen LogP contribution in [0.2, 0.25) is 0 Å². The maximum Gasteiger partial charge on any atom is 0.274 e. The lowest BCUT2D eigenvalue weighted by Crippen LogP contribution is -2.44. The highest BCUT2D eigenvalue weighted by Crippen LogP contribution is 2.26. The van der Waals surface area contributed by atoms with Gasteiger partial charge in [-0.25, -0.2) is 4.98 Å². The Morgan fingerprint density at radius 2 is 1.92 bits per heavy atom. The van der Waals surface area contributed by atoms with Gasteiger partial charge in [0.2, 0.25) is 5.91 Å². The molecule has 25 heavy (non-hydrogen) atoms. The Kier molecular flexibility index (Phi) is 4.52. The minimum atomic E-state index is 0.00101. The molecule has 0 aromatic carbocycles. The molecule has 0 spiro atoms. The first-order valence-electron chi connectivity index (χ1n) is 9.75. The summed E-state index contributed by atoms with van der Waals surface area (Å²) in [7, 11) is 0. The fraction of sp³-hybridized carbons (Fsp3) is 0.737. The molecule has 136 valence electrons. The van der Waals surface area contributed by atoms with E-state index in [9.17, 15) is 9.59 Å². The summed E-state index contributed by atoms with van der Waals surface area (Å²) in [6.45, 7) is 4.55. The minimum Gasteiger partial charge on any atom is -0.353 e. The van der Waals surface area contributed by atoms with Crippen LogP contribution in [0.4, 0.5) is 0 Å². The Balaban J connectivity index is 1.41. The molecule has 2 fully saturated rings. The summed E-state index contributed by atoms with van der Waals surface area (Å²) in [6.07, 6.45) is 8.91.